The lowest BCUT2D eigenvalue weighted by atomic mass is 10.2. The number of ether oxygens (including phenoxy) is 1. The average molecular weight is 415 g/mol. The van der Waals surface area contributed by atoms with Crippen molar-refractivity contribution >= 4 is 34.4 Å². The molecule has 4 rings (SSSR count). The fraction of sp³-hybridized carbons (Fsp3) is 0.350. The van der Waals surface area contributed by atoms with Gasteiger partial charge in [0.1, 0.15) is 15.7 Å². The van der Waals surface area contributed by atoms with Gasteiger partial charge in [0.05, 0.1) is 18.4 Å². The van der Waals surface area contributed by atoms with E-state index in [4.69, 9.17) is 4.74 Å². The molecule has 1 fully saturated rings. The van der Waals surface area contributed by atoms with Crippen LogP contribution in [0.5, 0.6) is 0 Å². The Kier molecular flexibility index (Phi) is 5.70. The van der Waals surface area contributed by atoms with Crippen LogP contribution in [0.1, 0.15) is 27.9 Å². The quantitative estimate of drug-likeness (QED) is 0.689. The Morgan fingerprint density at radius 3 is 3.00 bits per heavy atom. The van der Waals surface area contributed by atoms with Crippen molar-refractivity contribution in [2.75, 3.05) is 24.6 Å². The molecule has 28 heavy (non-hydrogen) atoms. The average Bonchev–Trinajstić information content (AvgIpc) is 3.36. The monoisotopic (exact) mass is 414 g/mol. The van der Waals surface area contributed by atoms with Gasteiger partial charge in [-0.15, -0.1) is 11.3 Å². The predicted octanol–water partition coefficient (Wildman–Crippen LogP) is 3.73. The van der Waals surface area contributed by atoms with Crippen LogP contribution in [-0.2, 0) is 11.3 Å². The van der Waals surface area contributed by atoms with E-state index in [1.807, 2.05) is 42.1 Å². The number of hydrogen-bond donors (Lipinski definition) is 1. The second-order valence-corrected chi connectivity index (χ2v) is 8.56. The van der Waals surface area contributed by atoms with Gasteiger partial charge in [-0.2, -0.15) is 11.3 Å². The number of rotatable bonds is 5. The first-order chi connectivity index (χ1) is 13.6. The topological polar surface area (TPSA) is 67.4 Å². The van der Waals surface area contributed by atoms with E-state index in [9.17, 15) is 4.79 Å². The van der Waals surface area contributed by atoms with Crippen molar-refractivity contribution in [3.8, 4) is 10.6 Å². The molecule has 0 bridgehead atoms. The van der Waals surface area contributed by atoms with Gasteiger partial charge in [0.15, 0.2) is 0 Å². The van der Waals surface area contributed by atoms with Crippen molar-refractivity contribution < 1.29 is 9.53 Å². The zero-order valence-electron chi connectivity index (χ0n) is 15.8. The number of aryl methyl sites for hydroxylation is 1. The van der Waals surface area contributed by atoms with Crippen LogP contribution in [0.3, 0.4) is 0 Å². The third-order valence-corrected chi connectivity index (χ3v) is 6.49. The van der Waals surface area contributed by atoms with E-state index in [1.165, 1.54) is 11.3 Å². The lowest BCUT2D eigenvalue weighted by molar-refractivity contribution is 0.0529. The van der Waals surface area contributed by atoms with E-state index < -0.39 is 0 Å². The molecule has 146 valence electrons. The number of pyridine rings is 1. The highest BCUT2D eigenvalue weighted by molar-refractivity contribution is 7.17. The summed E-state index contributed by atoms with van der Waals surface area (Å²) in [5.41, 5.74) is 2.80. The largest absolute Gasteiger partial charge is 0.375 e. The van der Waals surface area contributed by atoms with Crippen LogP contribution < -0.4 is 10.2 Å². The van der Waals surface area contributed by atoms with Gasteiger partial charge in [-0.1, -0.05) is 6.07 Å². The van der Waals surface area contributed by atoms with E-state index >= 15 is 0 Å². The van der Waals surface area contributed by atoms with Crippen molar-refractivity contribution in [2.24, 2.45) is 0 Å². The minimum Gasteiger partial charge on any atom is -0.375 e. The molecule has 6 nitrogen and oxygen atoms in total. The molecule has 0 spiro atoms. The first kappa shape index (κ1) is 19.0. The zero-order chi connectivity index (χ0) is 19.5. The van der Waals surface area contributed by atoms with Gasteiger partial charge in [0.2, 0.25) is 0 Å². The normalized spacial score (nSPS) is 16.9. The van der Waals surface area contributed by atoms with Crippen molar-refractivity contribution in [3.63, 3.8) is 0 Å². The number of thiazole rings is 1. The molecule has 1 aliphatic rings. The van der Waals surface area contributed by atoms with E-state index in [2.05, 4.69) is 27.1 Å². The standard InChI is InChI=1S/C20H22N4O2S2/c1-13-11-24(6-7-26-13)17-4-3-15(9-21-17)10-22-19(25)18-14(2)23-20(28-18)16-5-8-27-12-16/h3-5,8-9,12-13H,6-7,10-11H2,1-2H3,(H,22,25). The highest BCUT2D eigenvalue weighted by Gasteiger charge is 2.18. The van der Waals surface area contributed by atoms with Crippen LogP contribution in [0.2, 0.25) is 0 Å². The number of thiophene rings is 1. The summed E-state index contributed by atoms with van der Waals surface area (Å²) in [6, 6.07) is 6.04. The highest BCUT2D eigenvalue weighted by Crippen LogP contribution is 2.29. The van der Waals surface area contributed by atoms with Gasteiger partial charge in [0, 0.05) is 36.8 Å². The molecule has 1 aliphatic heterocycles. The number of carbonyl (C=O) groups excluding carboxylic acids is 1. The van der Waals surface area contributed by atoms with E-state index in [1.54, 1.807) is 11.3 Å². The molecule has 1 amide bonds. The van der Waals surface area contributed by atoms with Gasteiger partial charge in [-0.3, -0.25) is 4.79 Å². The number of nitrogens with zero attached hydrogens (tertiary/aromatic N) is 3. The van der Waals surface area contributed by atoms with E-state index in [0.717, 1.165) is 47.3 Å². The summed E-state index contributed by atoms with van der Waals surface area (Å²) in [5, 5.41) is 7.92. The van der Waals surface area contributed by atoms with Crippen LogP contribution in [0.4, 0.5) is 5.82 Å². The number of morpholine rings is 1. The number of hydrogen-bond acceptors (Lipinski definition) is 7. The summed E-state index contributed by atoms with van der Waals surface area (Å²) in [4.78, 5) is 24.6. The second kappa shape index (κ2) is 8.38. The zero-order valence-corrected chi connectivity index (χ0v) is 17.5. The van der Waals surface area contributed by atoms with Crippen LogP contribution in [0.25, 0.3) is 10.6 Å². The Morgan fingerprint density at radius 1 is 1.39 bits per heavy atom. The van der Waals surface area contributed by atoms with Crippen molar-refractivity contribution in [1.29, 1.82) is 0 Å². The van der Waals surface area contributed by atoms with Gasteiger partial charge in [0.25, 0.3) is 5.91 Å². The van der Waals surface area contributed by atoms with Crippen molar-refractivity contribution in [1.82, 2.24) is 15.3 Å². The smallest absolute Gasteiger partial charge is 0.263 e. The summed E-state index contributed by atoms with van der Waals surface area (Å²) in [6.45, 7) is 6.81. The Morgan fingerprint density at radius 2 is 2.29 bits per heavy atom. The molecular formula is C20H22N4O2S2. The van der Waals surface area contributed by atoms with Crippen LogP contribution in [0.15, 0.2) is 35.2 Å². The van der Waals surface area contributed by atoms with Crippen LogP contribution in [0, 0.1) is 6.92 Å². The minimum atomic E-state index is -0.0949. The van der Waals surface area contributed by atoms with Crippen molar-refractivity contribution in [3.05, 3.63) is 51.3 Å². The fourth-order valence-corrected chi connectivity index (χ4v) is 4.81. The SMILES string of the molecule is Cc1nc(-c2ccsc2)sc1C(=O)NCc1ccc(N2CCOC(C)C2)nc1. The van der Waals surface area contributed by atoms with Gasteiger partial charge >= 0.3 is 0 Å². The molecule has 3 aromatic rings. The minimum absolute atomic E-state index is 0.0949. The Bertz CT molecular complexity index is 938. The summed E-state index contributed by atoms with van der Waals surface area (Å²) in [7, 11) is 0. The fourth-order valence-electron chi connectivity index (χ4n) is 3.11. The first-order valence-corrected chi connectivity index (χ1v) is 11.0. The molecule has 3 aromatic heterocycles. The lowest BCUT2D eigenvalue weighted by Crippen LogP contribution is -2.41. The third kappa shape index (κ3) is 4.24. The molecule has 8 heteroatoms. The van der Waals surface area contributed by atoms with Crippen LogP contribution in [-0.4, -0.2) is 41.7 Å². The molecule has 1 saturated heterocycles. The Balaban J connectivity index is 1.37. The molecule has 4 heterocycles. The molecule has 1 atom stereocenters. The number of nitrogens with one attached hydrogen (secondary N) is 1. The van der Waals surface area contributed by atoms with Gasteiger partial charge in [-0.05, 0) is 36.9 Å². The maximum Gasteiger partial charge on any atom is 0.263 e. The maximum absolute atomic E-state index is 12.6. The Labute approximate surface area is 172 Å². The Hall–Kier alpha value is -2.29. The summed E-state index contributed by atoms with van der Waals surface area (Å²) >= 11 is 3.06. The van der Waals surface area contributed by atoms with Crippen LogP contribution >= 0.6 is 22.7 Å². The van der Waals surface area contributed by atoms with Crippen molar-refractivity contribution in [2.45, 2.75) is 26.5 Å². The summed E-state index contributed by atoms with van der Waals surface area (Å²) in [6.07, 6.45) is 2.04. The maximum atomic E-state index is 12.6. The number of aromatic nitrogens is 2. The van der Waals surface area contributed by atoms with E-state index in [0.29, 0.717) is 11.4 Å². The molecule has 0 radical (unpaired) electrons. The third-order valence-electron chi connectivity index (χ3n) is 4.60. The number of anilines is 1. The number of carbonyl (C=O) groups is 1. The molecule has 0 aromatic carbocycles. The summed E-state index contributed by atoms with van der Waals surface area (Å²) in [5.74, 6) is 0.853. The predicted molar refractivity (Wildman–Crippen MR) is 113 cm³/mol. The van der Waals surface area contributed by atoms with E-state index in [-0.39, 0.29) is 12.0 Å². The molecule has 0 aliphatic carbocycles. The van der Waals surface area contributed by atoms with Gasteiger partial charge in [-0.25, -0.2) is 9.97 Å². The summed E-state index contributed by atoms with van der Waals surface area (Å²) < 4.78 is 5.57. The number of amides is 1. The second-order valence-electron chi connectivity index (χ2n) is 6.78. The molecule has 1 N–H and O–H groups in total. The highest BCUT2D eigenvalue weighted by atomic mass is 32.1. The van der Waals surface area contributed by atoms with Gasteiger partial charge < -0.3 is 15.0 Å². The molecular weight excluding hydrogens is 392 g/mol. The molecule has 1 unspecified atom stereocenters. The first-order valence-electron chi connectivity index (χ1n) is 9.20. The molecule has 0 saturated carbocycles. The lowest BCUT2D eigenvalue weighted by Gasteiger charge is -2.32.